The van der Waals surface area contributed by atoms with E-state index < -0.39 is 0 Å². The minimum atomic E-state index is 0.290. The molecule has 1 aromatic rings. The fraction of sp³-hybridized carbons (Fsp3) is 0.647. The molecule has 0 saturated carbocycles. The molecule has 1 aromatic carbocycles. The van der Waals surface area contributed by atoms with Gasteiger partial charge in [-0.3, -0.25) is 0 Å². The summed E-state index contributed by atoms with van der Waals surface area (Å²) in [7, 11) is 0. The SMILES string of the molecule is Cc1ccc(O)c2c1C(C)CC2NCCCCCCO. The minimum Gasteiger partial charge on any atom is -0.508 e. The van der Waals surface area contributed by atoms with E-state index in [4.69, 9.17) is 5.11 Å². The lowest BCUT2D eigenvalue weighted by Crippen LogP contribution is -2.20. The van der Waals surface area contributed by atoms with E-state index in [9.17, 15) is 5.11 Å². The molecule has 20 heavy (non-hydrogen) atoms. The molecule has 3 nitrogen and oxygen atoms in total. The van der Waals surface area contributed by atoms with Gasteiger partial charge in [-0.1, -0.05) is 25.8 Å². The van der Waals surface area contributed by atoms with Crippen molar-refractivity contribution in [1.82, 2.24) is 5.32 Å². The first kappa shape index (κ1) is 15.3. The molecule has 0 amide bonds. The summed E-state index contributed by atoms with van der Waals surface area (Å²) in [5.41, 5.74) is 3.74. The fourth-order valence-corrected chi connectivity index (χ4v) is 3.40. The highest BCUT2D eigenvalue weighted by molar-refractivity contribution is 5.50. The Bertz CT molecular complexity index is 445. The quantitative estimate of drug-likeness (QED) is 0.670. The zero-order valence-electron chi connectivity index (χ0n) is 12.7. The third-order valence-electron chi connectivity index (χ3n) is 4.39. The average Bonchev–Trinajstić information content (AvgIpc) is 2.76. The minimum absolute atomic E-state index is 0.290. The highest BCUT2D eigenvalue weighted by atomic mass is 16.3. The topological polar surface area (TPSA) is 52.5 Å². The van der Waals surface area contributed by atoms with E-state index in [0.29, 0.717) is 18.3 Å². The molecule has 0 fully saturated rings. The van der Waals surface area contributed by atoms with Crippen molar-refractivity contribution in [3.63, 3.8) is 0 Å². The molecule has 0 aromatic heterocycles. The Balaban J connectivity index is 1.91. The van der Waals surface area contributed by atoms with Crippen molar-refractivity contribution in [3.8, 4) is 5.75 Å². The number of aryl methyl sites for hydroxylation is 1. The maximum absolute atomic E-state index is 10.1. The van der Waals surface area contributed by atoms with Crippen LogP contribution in [0.15, 0.2) is 12.1 Å². The maximum atomic E-state index is 10.1. The molecule has 0 spiro atoms. The van der Waals surface area contributed by atoms with Gasteiger partial charge in [0.1, 0.15) is 5.75 Å². The van der Waals surface area contributed by atoms with Gasteiger partial charge in [-0.05, 0) is 55.8 Å². The zero-order valence-corrected chi connectivity index (χ0v) is 12.7. The first-order chi connectivity index (χ1) is 9.65. The molecule has 0 saturated heterocycles. The van der Waals surface area contributed by atoms with Crippen LogP contribution in [0.3, 0.4) is 0 Å². The van der Waals surface area contributed by atoms with Crippen LogP contribution in [0.25, 0.3) is 0 Å². The van der Waals surface area contributed by atoms with Crippen LogP contribution in [-0.2, 0) is 0 Å². The summed E-state index contributed by atoms with van der Waals surface area (Å²) in [6.07, 6.45) is 5.36. The highest BCUT2D eigenvalue weighted by Gasteiger charge is 2.31. The molecule has 3 heteroatoms. The van der Waals surface area contributed by atoms with Gasteiger partial charge in [0.25, 0.3) is 0 Å². The van der Waals surface area contributed by atoms with Gasteiger partial charge in [-0.25, -0.2) is 0 Å². The Kier molecular flexibility index (Phi) is 5.44. The monoisotopic (exact) mass is 277 g/mol. The first-order valence-electron chi connectivity index (χ1n) is 7.81. The third kappa shape index (κ3) is 3.33. The number of nitrogens with one attached hydrogen (secondary N) is 1. The van der Waals surface area contributed by atoms with Gasteiger partial charge in [0.15, 0.2) is 0 Å². The van der Waals surface area contributed by atoms with Crippen LogP contribution >= 0.6 is 0 Å². The van der Waals surface area contributed by atoms with Gasteiger partial charge in [-0.15, -0.1) is 0 Å². The molecule has 2 unspecified atom stereocenters. The van der Waals surface area contributed by atoms with Gasteiger partial charge in [-0.2, -0.15) is 0 Å². The van der Waals surface area contributed by atoms with E-state index >= 15 is 0 Å². The third-order valence-corrected chi connectivity index (χ3v) is 4.39. The summed E-state index contributed by atoms with van der Waals surface area (Å²) in [5.74, 6) is 0.955. The second kappa shape index (κ2) is 7.09. The van der Waals surface area contributed by atoms with Crippen molar-refractivity contribution >= 4 is 0 Å². The van der Waals surface area contributed by atoms with Crippen LogP contribution in [0.4, 0.5) is 0 Å². The number of aromatic hydroxyl groups is 1. The lowest BCUT2D eigenvalue weighted by molar-refractivity contribution is 0.282. The van der Waals surface area contributed by atoms with Crippen molar-refractivity contribution < 1.29 is 10.2 Å². The summed E-state index contributed by atoms with van der Waals surface area (Å²) < 4.78 is 0. The largest absolute Gasteiger partial charge is 0.508 e. The number of rotatable bonds is 7. The number of phenols is 1. The Hall–Kier alpha value is -1.06. The summed E-state index contributed by atoms with van der Waals surface area (Å²) in [4.78, 5) is 0. The van der Waals surface area contributed by atoms with E-state index in [1.165, 1.54) is 11.1 Å². The van der Waals surface area contributed by atoms with E-state index in [-0.39, 0.29) is 6.04 Å². The molecule has 3 N–H and O–H groups in total. The molecule has 112 valence electrons. The lowest BCUT2D eigenvalue weighted by Gasteiger charge is -2.15. The van der Waals surface area contributed by atoms with E-state index in [0.717, 1.165) is 44.2 Å². The van der Waals surface area contributed by atoms with Crippen LogP contribution in [0.1, 0.15) is 67.7 Å². The number of aliphatic hydroxyl groups excluding tert-OH is 1. The molecular formula is C17H27NO2. The smallest absolute Gasteiger partial charge is 0.120 e. The van der Waals surface area contributed by atoms with Crippen molar-refractivity contribution in [2.24, 2.45) is 0 Å². The Morgan fingerprint density at radius 3 is 2.65 bits per heavy atom. The Morgan fingerprint density at radius 1 is 1.15 bits per heavy atom. The molecule has 2 atom stereocenters. The number of unbranched alkanes of at least 4 members (excludes halogenated alkanes) is 3. The van der Waals surface area contributed by atoms with Crippen LogP contribution in [0, 0.1) is 6.92 Å². The molecular weight excluding hydrogens is 250 g/mol. The molecule has 1 aliphatic rings. The number of hydrogen-bond donors (Lipinski definition) is 3. The predicted molar refractivity (Wildman–Crippen MR) is 82.2 cm³/mol. The molecule has 0 aliphatic heterocycles. The van der Waals surface area contributed by atoms with Gasteiger partial charge in [0.05, 0.1) is 0 Å². The molecule has 0 heterocycles. The summed E-state index contributed by atoms with van der Waals surface area (Å²) in [6, 6.07) is 4.13. The summed E-state index contributed by atoms with van der Waals surface area (Å²) >= 11 is 0. The van der Waals surface area contributed by atoms with Crippen LogP contribution in [-0.4, -0.2) is 23.4 Å². The van der Waals surface area contributed by atoms with Crippen LogP contribution < -0.4 is 5.32 Å². The Morgan fingerprint density at radius 2 is 1.90 bits per heavy atom. The summed E-state index contributed by atoms with van der Waals surface area (Å²) in [6.45, 7) is 5.66. The zero-order chi connectivity index (χ0) is 14.5. The van der Waals surface area contributed by atoms with E-state index in [1.807, 2.05) is 12.1 Å². The van der Waals surface area contributed by atoms with Gasteiger partial charge in [0, 0.05) is 18.2 Å². The van der Waals surface area contributed by atoms with Crippen LogP contribution in [0.2, 0.25) is 0 Å². The van der Waals surface area contributed by atoms with Crippen molar-refractivity contribution in [3.05, 3.63) is 28.8 Å². The number of benzene rings is 1. The van der Waals surface area contributed by atoms with Crippen molar-refractivity contribution in [1.29, 1.82) is 0 Å². The van der Waals surface area contributed by atoms with Crippen molar-refractivity contribution in [2.45, 2.75) is 57.9 Å². The molecule has 2 rings (SSSR count). The highest BCUT2D eigenvalue weighted by Crippen LogP contribution is 2.45. The second-order valence-corrected chi connectivity index (χ2v) is 6.01. The van der Waals surface area contributed by atoms with Crippen LogP contribution in [0.5, 0.6) is 5.75 Å². The fourth-order valence-electron chi connectivity index (χ4n) is 3.40. The number of fused-ring (bicyclic) bond motifs is 1. The normalized spacial score (nSPS) is 21.1. The van der Waals surface area contributed by atoms with E-state index in [2.05, 4.69) is 19.2 Å². The Labute approximate surface area is 122 Å². The number of aliphatic hydroxyl groups is 1. The standard InChI is InChI=1S/C17H27NO2/c1-12-7-8-15(20)17-14(11-13(2)16(12)17)18-9-5-3-4-6-10-19/h7-8,13-14,18-20H,3-6,9-11H2,1-2H3. The average molecular weight is 277 g/mol. The lowest BCUT2D eigenvalue weighted by atomic mass is 9.97. The predicted octanol–water partition coefficient (Wildman–Crippen LogP) is 3.39. The van der Waals surface area contributed by atoms with Crippen molar-refractivity contribution in [2.75, 3.05) is 13.2 Å². The maximum Gasteiger partial charge on any atom is 0.120 e. The van der Waals surface area contributed by atoms with Gasteiger partial charge >= 0.3 is 0 Å². The molecule has 1 aliphatic carbocycles. The summed E-state index contributed by atoms with van der Waals surface area (Å²) in [5, 5.41) is 22.5. The van der Waals surface area contributed by atoms with Gasteiger partial charge in [0.2, 0.25) is 0 Å². The molecule has 0 radical (unpaired) electrons. The second-order valence-electron chi connectivity index (χ2n) is 6.01. The number of phenolic OH excluding ortho intramolecular Hbond substituents is 1. The van der Waals surface area contributed by atoms with E-state index in [1.54, 1.807) is 0 Å². The molecule has 0 bridgehead atoms. The first-order valence-corrected chi connectivity index (χ1v) is 7.81. The number of hydrogen-bond acceptors (Lipinski definition) is 3. The van der Waals surface area contributed by atoms with Gasteiger partial charge < -0.3 is 15.5 Å².